The van der Waals surface area contributed by atoms with E-state index in [0.29, 0.717) is 6.61 Å². The van der Waals surface area contributed by atoms with E-state index >= 15 is 0 Å². The quantitative estimate of drug-likeness (QED) is 0.419. The maximum absolute atomic E-state index is 4.97. The highest BCUT2D eigenvalue weighted by Gasteiger charge is 1.78. The van der Waals surface area contributed by atoms with Gasteiger partial charge in [-0.2, -0.15) is 0 Å². The molecule has 0 aromatic rings. The molecule has 0 spiro atoms. The highest BCUT2D eigenvalue weighted by Crippen LogP contribution is 1.92. The molecule has 0 atom stereocenters. The summed E-state index contributed by atoms with van der Waals surface area (Å²) in [5.41, 5.74) is 0.902. The fourth-order valence-electron chi connectivity index (χ4n) is 0.438. The monoisotopic (exact) mass is 127 g/mol. The minimum atomic E-state index is 0.705. The molecule has 0 amide bonds. The molecule has 0 unspecified atom stereocenters. The van der Waals surface area contributed by atoms with Crippen molar-refractivity contribution in [2.75, 3.05) is 6.61 Å². The molecule has 0 aliphatic heterocycles. The predicted octanol–water partition coefficient (Wildman–Crippen LogP) is 1.97. The van der Waals surface area contributed by atoms with E-state index < -0.39 is 0 Å². The zero-order valence-electron chi connectivity index (χ0n) is 6.22. The third-order valence-corrected chi connectivity index (χ3v) is 0.753. The van der Waals surface area contributed by atoms with Crippen molar-refractivity contribution in [3.63, 3.8) is 0 Å². The molecule has 0 rings (SSSR count). The second kappa shape index (κ2) is 5.35. The van der Waals surface area contributed by atoms with Crippen LogP contribution in [-0.4, -0.2) is 12.8 Å². The molecular formula is C7H13NO. The molecule has 2 nitrogen and oxygen atoms in total. The van der Waals surface area contributed by atoms with Crippen molar-refractivity contribution >= 4 is 6.21 Å². The van der Waals surface area contributed by atoms with Gasteiger partial charge < -0.3 is 4.74 Å². The van der Waals surface area contributed by atoms with Gasteiger partial charge in [-0.3, -0.25) is 4.99 Å². The van der Waals surface area contributed by atoms with E-state index in [2.05, 4.69) is 4.99 Å². The Hall–Kier alpha value is -0.790. The van der Waals surface area contributed by atoms with Crippen molar-refractivity contribution in [3.05, 3.63) is 12.0 Å². The van der Waals surface area contributed by atoms with Crippen LogP contribution in [0.3, 0.4) is 0 Å². The van der Waals surface area contributed by atoms with E-state index in [-0.39, 0.29) is 0 Å². The van der Waals surface area contributed by atoms with Gasteiger partial charge in [-0.1, -0.05) is 0 Å². The van der Waals surface area contributed by atoms with Crippen LogP contribution >= 0.6 is 0 Å². The van der Waals surface area contributed by atoms with Gasteiger partial charge in [0.15, 0.2) is 0 Å². The van der Waals surface area contributed by atoms with Gasteiger partial charge in [-0.05, 0) is 20.8 Å². The summed E-state index contributed by atoms with van der Waals surface area (Å²) < 4.78 is 4.97. The number of nitrogens with zero attached hydrogens (tertiary/aromatic N) is 1. The lowest BCUT2D eigenvalue weighted by atomic mass is 10.6. The molecule has 0 heterocycles. The van der Waals surface area contributed by atoms with Gasteiger partial charge in [0.1, 0.15) is 6.26 Å². The molecule has 0 radical (unpaired) electrons. The van der Waals surface area contributed by atoms with Crippen molar-refractivity contribution in [3.8, 4) is 0 Å². The summed E-state index contributed by atoms with van der Waals surface area (Å²) in [6.45, 7) is 6.43. The van der Waals surface area contributed by atoms with Gasteiger partial charge in [-0.15, -0.1) is 0 Å². The van der Waals surface area contributed by atoms with Gasteiger partial charge in [0, 0.05) is 6.21 Å². The zero-order chi connectivity index (χ0) is 7.11. The maximum atomic E-state index is 4.97. The maximum Gasteiger partial charge on any atom is 0.104 e. The van der Waals surface area contributed by atoms with E-state index in [0.717, 1.165) is 5.70 Å². The van der Waals surface area contributed by atoms with Crippen molar-refractivity contribution in [1.29, 1.82) is 0 Å². The van der Waals surface area contributed by atoms with Crippen LogP contribution in [0.1, 0.15) is 20.8 Å². The first-order valence-electron chi connectivity index (χ1n) is 3.08. The van der Waals surface area contributed by atoms with E-state index in [4.69, 9.17) is 4.74 Å². The second-order valence-corrected chi connectivity index (χ2v) is 1.60. The van der Waals surface area contributed by atoms with Crippen molar-refractivity contribution in [2.24, 2.45) is 4.99 Å². The van der Waals surface area contributed by atoms with Crippen LogP contribution in [0, 0.1) is 0 Å². The average Bonchev–Trinajstić information content (AvgIpc) is 1.85. The lowest BCUT2D eigenvalue weighted by Crippen LogP contribution is -1.79. The molecule has 52 valence electrons. The summed E-state index contributed by atoms with van der Waals surface area (Å²) in [7, 11) is 0. The first-order chi connectivity index (χ1) is 4.31. The minimum absolute atomic E-state index is 0.705. The Labute approximate surface area is 56.2 Å². The number of allylic oxidation sites excluding steroid dienone is 1. The first-order valence-corrected chi connectivity index (χ1v) is 3.08. The van der Waals surface area contributed by atoms with Gasteiger partial charge >= 0.3 is 0 Å². The van der Waals surface area contributed by atoms with Crippen LogP contribution in [0.15, 0.2) is 17.0 Å². The molecule has 0 aromatic carbocycles. The summed E-state index contributed by atoms with van der Waals surface area (Å²) in [5, 5.41) is 0. The Morgan fingerprint density at radius 1 is 1.67 bits per heavy atom. The summed E-state index contributed by atoms with van der Waals surface area (Å²) in [5.74, 6) is 0. The normalized spacial score (nSPS) is 12.6. The average molecular weight is 127 g/mol. The molecular weight excluding hydrogens is 114 g/mol. The standard InChI is InChI=1S/C7H13NO/c1-4-8-7(3)6-9-5-2/h4,6H,5H2,1-3H3. The molecule has 0 aliphatic rings. The summed E-state index contributed by atoms with van der Waals surface area (Å²) in [6, 6.07) is 0. The minimum Gasteiger partial charge on any atom is -0.500 e. The van der Waals surface area contributed by atoms with Crippen LogP contribution in [-0.2, 0) is 4.74 Å². The summed E-state index contributed by atoms with van der Waals surface area (Å²) in [6.07, 6.45) is 3.39. The van der Waals surface area contributed by atoms with E-state index in [1.165, 1.54) is 0 Å². The molecule has 0 bridgehead atoms. The third kappa shape index (κ3) is 5.07. The Morgan fingerprint density at radius 3 is 2.78 bits per heavy atom. The van der Waals surface area contributed by atoms with Crippen LogP contribution in [0.5, 0.6) is 0 Å². The molecule has 0 N–H and O–H groups in total. The predicted molar refractivity (Wildman–Crippen MR) is 39.5 cm³/mol. The van der Waals surface area contributed by atoms with Crippen LogP contribution < -0.4 is 0 Å². The number of ether oxygens (including phenoxy) is 1. The van der Waals surface area contributed by atoms with E-state index in [9.17, 15) is 0 Å². The Morgan fingerprint density at radius 2 is 2.33 bits per heavy atom. The Kier molecular flexibility index (Phi) is 4.88. The molecule has 2 heteroatoms. The molecule has 9 heavy (non-hydrogen) atoms. The third-order valence-electron chi connectivity index (χ3n) is 0.753. The molecule has 0 fully saturated rings. The van der Waals surface area contributed by atoms with Gasteiger partial charge in [0.25, 0.3) is 0 Å². The second-order valence-electron chi connectivity index (χ2n) is 1.60. The Bertz CT molecular complexity index is 116. The van der Waals surface area contributed by atoms with Gasteiger partial charge in [0.2, 0.25) is 0 Å². The Balaban J connectivity index is 3.55. The first kappa shape index (κ1) is 8.21. The van der Waals surface area contributed by atoms with Crippen molar-refractivity contribution in [2.45, 2.75) is 20.8 Å². The topological polar surface area (TPSA) is 21.6 Å². The number of hydrogen-bond donors (Lipinski definition) is 0. The number of rotatable bonds is 3. The summed E-state index contributed by atoms with van der Waals surface area (Å²) >= 11 is 0. The smallest absolute Gasteiger partial charge is 0.104 e. The highest BCUT2D eigenvalue weighted by atomic mass is 16.5. The van der Waals surface area contributed by atoms with Gasteiger partial charge in [0.05, 0.1) is 12.3 Å². The molecule has 0 saturated heterocycles. The van der Waals surface area contributed by atoms with Crippen LogP contribution in [0.25, 0.3) is 0 Å². The van der Waals surface area contributed by atoms with Crippen molar-refractivity contribution < 1.29 is 4.74 Å². The highest BCUT2D eigenvalue weighted by molar-refractivity contribution is 5.54. The fraction of sp³-hybridized carbons (Fsp3) is 0.571. The molecule has 0 aliphatic carbocycles. The summed E-state index contributed by atoms with van der Waals surface area (Å²) in [4.78, 5) is 3.97. The zero-order valence-corrected chi connectivity index (χ0v) is 6.22. The lowest BCUT2D eigenvalue weighted by Gasteiger charge is -1.93. The fourth-order valence-corrected chi connectivity index (χ4v) is 0.438. The lowest BCUT2D eigenvalue weighted by molar-refractivity contribution is 0.266. The van der Waals surface area contributed by atoms with Crippen LogP contribution in [0.4, 0.5) is 0 Å². The van der Waals surface area contributed by atoms with E-state index in [1.807, 2.05) is 20.8 Å². The number of aliphatic imine (C=N–C) groups is 1. The van der Waals surface area contributed by atoms with Crippen LogP contribution in [0.2, 0.25) is 0 Å². The number of hydrogen-bond acceptors (Lipinski definition) is 2. The SMILES string of the molecule is CC=NC(C)=COCC. The molecule has 0 aromatic heterocycles. The van der Waals surface area contributed by atoms with E-state index in [1.54, 1.807) is 12.5 Å². The molecule has 0 saturated carbocycles. The van der Waals surface area contributed by atoms with Gasteiger partial charge in [-0.25, -0.2) is 0 Å². The van der Waals surface area contributed by atoms with Crippen molar-refractivity contribution in [1.82, 2.24) is 0 Å². The largest absolute Gasteiger partial charge is 0.500 e.